The van der Waals surface area contributed by atoms with E-state index in [0.717, 1.165) is 16.5 Å². The Labute approximate surface area is 148 Å². The van der Waals surface area contributed by atoms with Crippen molar-refractivity contribution >= 4 is 34.3 Å². The molecule has 0 N–H and O–H groups in total. The first kappa shape index (κ1) is 15.8. The summed E-state index contributed by atoms with van der Waals surface area (Å²) in [4.78, 5) is 26.8. The zero-order valence-corrected chi connectivity index (χ0v) is 14.4. The van der Waals surface area contributed by atoms with Crippen LogP contribution in [-0.4, -0.2) is 39.2 Å². The molecular formula is C18H15N3O3S. The van der Waals surface area contributed by atoms with Crippen LogP contribution >= 0.6 is 11.8 Å². The lowest BCUT2D eigenvalue weighted by Gasteiger charge is -2.26. The standard InChI is InChI=1S/C18H15N3O3S/c1-2-25-18-20-19-14(24-18)9-10-21-16(22)12-7-3-5-11-6-4-8-13(15(11)12)17(21)23/h3-8H,2,9-10H2,1H3. The van der Waals surface area contributed by atoms with Gasteiger partial charge in [-0.05, 0) is 23.3 Å². The van der Waals surface area contributed by atoms with Gasteiger partial charge in [-0.15, -0.1) is 10.2 Å². The lowest BCUT2D eigenvalue weighted by Crippen LogP contribution is -2.41. The lowest BCUT2D eigenvalue weighted by molar-refractivity contribution is 0.0610. The minimum Gasteiger partial charge on any atom is -0.416 e. The Kier molecular flexibility index (Phi) is 4.01. The van der Waals surface area contributed by atoms with E-state index in [9.17, 15) is 9.59 Å². The predicted molar refractivity (Wildman–Crippen MR) is 93.7 cm³/mol. The van der Waals surface area contributed by atoms with E-state index in [1.54, 1.807) is 12.1 Å². The van der Waals surface area contributed by atoms with Gasteiger partial charge in [0.2, 0.25) is 5.89 Å². The second-order valence-electron chi connectivity index (χ2n) is 5.62. The average Bonchev–Trinajstić information content (AvgIpc) is 3.07. The molecule has 0 fully saturated rings. The molecule has 4 rings (SSSR count). The van der Waals surface area contributed by atoms with Gasteiger partial charge in [0.1, 0.15) is 0 Å². The molecule has 2 aromatic carbocycles. The number of thioether (sulfide) groups is 1. The van der Waals surface area contributed by atoms with Gasteiger partial charge >= 0.3 is 0 Å². The van der Waals surface area contributed by atoms with Crippen molar-refractivity contribution < 1.29 is 14.0 Å². The zero-order valence-electron chi connectivity index (χ0n) is 13.6. The number of rotatable bonds is 5. The summed E-state index contributed by atoms with van der Waals surface area (Å²) in [5, 5.41) is 10.0. The molecule has 7 heteroatoms. The summed E-state index contributed by atoms with van der Waals surface area (Å²) in [5.41, 5.74) is 1.11. The number of amides is 2. The highest BCUT2D eigenvalue weighted by molar-refractivity contribution is 7.99. The van der Waals surface area contributed by atoms with E-state index in [4.69, 9.17) is 4.42 Å². The third kappa shape index (κ3) is 2.70. The molecule has 2 heterocycles. The van der Waals surface area contributed by atoms with E-state index in [1.165, 1.54) is 16.7 Å². The summed E-state index contributed by atoms with van der Waals surface area (Å²) in [5.74, 6) is 0.702. The SMILES string of the molecule is CCSc1nnc(CCN2C(=O)c3cccc4cccc(c34)C2=O)o1. The van der Waals surface area contributed by atoms with Crippen molar-refractivity contribution in [2.75, 3.05) is 12.3 Å². The van der Waals surface area contributed by atoms with Gasteiger partial charge in [0, 0.05) is 29.5 Å². The van der Waals surface area contributed by atoms with Crippen LogP contribution in [-0.2, 0) is 6.42 Å². The van der Waals surface area contributed by atoms with Crippen LogP contribution in [0.2, 0.25) is 0 Å². The van der Waals surface area contributed by atoms with E-state index in [0.29, 0.717) is 28.7 Å². The Morgan fingerprint density at radius 2 is 1.72 bits per heavy atom. The van der Waals surface area contributed by atoms with Crippen molar-refractivity contribution in [3.63, 3.8) is 0 Å². The van der Waals surface area contributed by atoms with Gasteiger partial charge in [-0.1, -0.05) is 43.0 Å². The van der Waals surface area contributed by atoms with Crippen molar-refractivity contribution in [2.45, 2.75) is 18.6 Å². The fourth-order valence-corrected chi connectivity index (χ4v) is 3.51. The Morgan fingerprint density at radius 1 is 1.04 bits per heavy atom. The number of nitrogens with zero attached hydrogens (tertiary/aromatic N) is 3. The summed E-state index contributed by atoms with van der Waals surface area (Å²) in [6.07, 6.45) is 0.340. The molecule has 0 unspecified atom stereocenters. The quantitative estimate of drug-likeness (QED) is 0.518. The van der Waals surface area contributed by atoms with Gasteiger partial charge in [0.05, 0.1) is 0 Å². The molecule has 0 radical (unpaired) electrons. The maximum absolute atomic E-state index is 12.8. The van der Waals surface area contributed by atoms with E-state index in [2.05, 4.69) is 10.2 Å². The number of carbonyl (C=O) groups is 2. The van der Waals surface area contributed by atoms with Crippen LogP contribution in [0.25, 0.3) is 10.8 Å². The molecule has 126 valence electrons. The monoisotopic (exact) mass is 353 g/mol. The van der Waals surface area contributed by atoms with E-state index >= 15 is 0 Å². The van der Waals surface area contributed by atoms with Gasteiger partial charge in [0.25, 0.3) is 17.0 Å². The highest BCUT2D eigenvalue weighted by Gasteiger charge is 2.32. The molecule has 0 atom stereocenters. The maximum Gasteiger partial charge on any atom is 0.276 e. The minimum atomic E-state index is -0.281. The van der Waals surface area contributed by atoms with Gasteiger partial charge in [-0.3, -0.25) is 14.5 Å². The molecule has 25 heavy (non-hydrogen) atoms. The predicted octanol–water partition coefficient (Wildman–Crippen LogP) is 3.17. The van der Waals surface area contributed by atoms with Crippen LogP contribution in [0.4, 0.5) is 0 Å². The summed E-state index contributed by atoms with van der Waals surface area (Å²) < 4.78 is 5.50. The topological polar surface area (TPSA) is 76.3 Å². The van der Waals surface area contributed by atoms with Crippen LogP contribution in [0.1, 0.15) is 33.5 Å². The smallest absolute Gasteiger partial charge is 0.276 e. The van der Waals surface area contributed by atoms with Crippen LogP contribution in [0, 0.1) is 0 Å². The molecule has 1 aliphatic heterocycles. The third-order valence-corrected chi connectivity index (χ3v) is 4.82. The first-order valence-electron chi connectivity index (χ1n) is 8.02. The van der Waals surface area contributed by atoms with Crippen molar-refractivity contribution in [1.82, 2.24) is 15.1 Å². The Bertz CT molecular complexity index is 932. The molecule has 3 aromatic rings. The zero-order chi connectivity index (χ0) is 17.4. The first-order chi connectivity index (χ1) is 12.2. The molecule has 0 saturated carbocycles. The molecule has 0 aliphatic carbocycles. The van der Waals surface area contributed by atoms with Gasteiger partial charge < -0.3 is 4.42 Å². The van der Waals surface area contributed by atoms with Gasteiger partial charge in [-0.25, -0.2) is 0 Å². The third-order valence-electron chi connectivity index (χ3n) is 4.12. The molecular weight excluding hydrogens is 338 g/mol. The van der Waals surface area contributed by atoms with Gasteiger partial charge in [-0.2, -0.15) is 0 Å². The fourth-order valence-electron chi connectivity index (χ4n) is 3.01. The number of benzene rings is 2. The van der Waals surface area contributed by atoms with Crippen LogP contribution < -0.4 is 0 Å². The Morgan fingerprint density at radius 3 is 2.36 bits per heavy atom. The molecule has 2 amide bonds. The van der Waals surface area contributed by atoms with Crippen molar-refractivity contribution in [2.24, 2.45) is 0 Å². The highest BCUT2D eigenvalue weighted by atomic mass is 32.2. The average molecular weight is 353 g/mol. The number of hydrogen-bond donors (Lipinski definition) is 0. The van der Waals surface area contributed by atoms with E-state index < -0.39 is 0 Å². The van der Waals surface area contributed by atoms with Crippen LogP contribution in [0.3, 0.4) is 0 Å². The molecule has 1 aliphatic rings. The second-order valence-corrected chi connectivity index (χ2v) is 6.83. The van der Waals surface area contributed by atoms with Crippen LogP contribution in [0.15, 0.2) is 46.0 Å². The highest BCUT2D eigenvalue weighted by Crippen LogP contribution is 2.30. The summed E-state index contributed by atoms with van der Waals surface area (Å²) in [6.45, 7) is 2.21. The lowest BCUT2D eigenvalue weighted by atomic mass is 9.94. The first-order valence-corrected chi connectivity index (χ1v) is 9.00. The minimum absolute atomic E-state index is 0.209. The number of imide groups is 1. The summed E-state index contributed by atoms with van der Waals surface area (Å²) in [7, 11) is 0. The van der Waals surface area contributed by atoms with E-state index in [1.807, 2.05) is 31.2 Å². The number of hydrogen-bond acceptors (Lipinski definition) is 6. The summed E-state index contributed by atoms with van der Waals surface area (Å²) in [6, 6.07) is 11.0. The molecule has 0 saturated heterocycles. The normalized spacial score (nSPS) is 13.7. The van der Waals surface area contributed by atoms with Crippen molar-refractivity contribution in [1.29, 1.82) is 0 Å². The largest absolute Gasteiger partial charge is 0.416 e. The maximum atomic E-state index is 12.8. The van der Waals surface area contributed by atoms with Crippen molar-refractivity contribution in [3.8, 4) is 0 Å². The van der Waals surface area contributed by atoms with E-state index in [-0.39, 0.29) is 18.4 Å². The molecule has 0 bridgehead atoms. The fraction of sp³-hybridized carbons (Fsp3) is 0.222. The molecule has 1 aromatic heterocycles. The summed E-state index contributed by atoms with van der Waals surface area (Å²) >= 11 is 1.46. The Balaban J connectivity index is 1.61. The van der Waals surface area contributed by atoms with Crippen LogP contribution in [0.5, 0.6) is 0 Å². The molecule has 6 nitrogen and oxygen atoms in total. The van der Waals surface area contributed by atoms with Crippen molar-refractivity contribution in [3.05, 3.63) is 53.4 Å². The van der Waals surface area contributed by atoms with Gasteiger partial charge in [0.15, 0.2) is 0 Å². The number of aromatic nitrogens is 2. The Hall–Kier alpha value is -2.67. The second kappa shape index (κ2) is 6.33. The molecule has 0 spiro atoms. The number of carbonyl (C=O) groups excluding carboxylic acids is 2.